The van der Waals surface area contributed by atoms with Crippen LogP contribution in [-0.2, 0) is 10.8 Å². The molecule has 0 fully saturated rings. The van der Waals surface area contributed by atoms with Crippen LogP contribution in [0.1, 0.15) is 49.9 Å². The van der Waals surface area contributed by atoms with E-state index in [1.54, 1.807) is 0 Å². The Morgan fingerprint density at radius 3 is 1.04 bits per heavy atom. The maximum Gasteiger partial charge on any atom is 0.0159 e. The standard InChI is InChI=1S/C72H52/c1-71(2)65-29-17-15-27-57(65)59-37-33-51(43-67(59)71)69-63-41-49(54-26-14-13-25-53(54)45-19-7-5-8-20-45)31-35-55(63)56-36-32-50(62-40-48-24-12-11-23-47(48)39-61(62)46-21-9-6-10-22-46)42-64(56)70(69)52-34-38-60-58-28-16-18-30-66(58)72(3,4)68(60)44-52/h5-44H,1-4H3. The summed E-state index contributed by atoms with van der Waals surface area (Å²) >= 11 is 0. The van der Waals surface area contributed by atoms with Gasteiger partial charge in [0.2, 0.25) is 0 Å². The van der Waals surface area contributed by atoms with Gasteiger partial charge in [-0.3, -0.25) is 0 Å². The summed E-state index contributed by atoms with van der Waals surface area (Å²) in [6, 6.07) is 91.6. The average molecular weight is 917 g/mol. The van der Waals surface area contributed by atoms with Crippen LogP contribution in [0.25, 0.3) is 121 Å². The Labute approximate surface area is 422 Å². The highest BCUT2D eigenvalue weighted by Gasteiger charge is 2.37. The van der Waals surface area contributed by atoms with Gasteiger partial charge in [0.15, 0.2) is 0 Å². The lowest BCUT2D eigenvalue weighted by atomic mass is 9.78. The lowest BCUT2D eigenvalue weighted by Crippen LogP contribution is -2.15. The molecular formula is C72H52. The third-order valence-corrected chi connectivity index (χ3v) is 16.5. The van der Waals surface area contributed by atoms with Crippen molar-refractivity contribution in [3.05, 3.63) is 265 Å². The molecule has 0 saturated heterocycles. The molecule has 12 aromatic rings. The van der Waals surface area contributed by atoms with Gasteiger partial charge in [-0.25, -0.2) is 0 Å². The summed E-state index contributed by atoms with van der Waals surface area (Å²) in [5.41, 5.74) is 25.2. The van der Waals surface area contributed by atoms with Gasteiger partial charge in [0.25, 0.3) is 0 Å². The van der Waals surface area contributed by atoms with Gasteiger partial charge in [-0.15, -0.1) is 0 Å². The van der Waals surface area contributed by atoms with Crippen LogP contribution in [-0.4, -0.2) is 0 Å². The molecule has 0 aliphatic heterocycles. The highest BCUT2D eigenvalue weighted by atomic mass is 14.4. The van der Waals surface area contributed by atoms with E-state index < -0.39 is 0 Å². The van der Waals surface area contributed by atoms with E-state index in [0.717, 1.165) is 0 Å². The van der Waals surface area contributed by atoms with Crippen LogP contribution in [0.15, 0.2) is 243 Å². The first-order valence-electron chi connectivity index (χ1n) is 25.5. The zero-order chi connectivity index (χ0) is 48.3. The number of rotatable bonds is 6. The predicted molar refractivity (Wildman–Crippen MR) is 307 cm³/mol. The quantitative estimate of drug-likeness (QED) is 0.146. The fourth-order valence-electron chi connectivity index (χ4n) is 12.8. The normalized spacial score (nSPS) is 13.8. The molecule has 340 valence electrons. The largest absolute Gasteiger partial charge is 0.0622 e. The monoisotopic (exact) mass is 916 g/mol. The molecule has 0 amide bonds. The van der Waals surface area contributed by atoms with Crippen LogP contribution in [0.2, 0.25) is 0 Å². The van der Waals surface area contributed by atoms with Gasteiger partial charge in [-0.05, 0) is 180 Å². The molecule has 2 aliphatic carbocycles. The minimum Gasteiger partial charge on any atom is -0.0622 e. The smallest absolute Gasteiger partial charge is 0.0159 e. The number of fused-ring (bicyclic) bond motifs is 10. The Kier molecular flexibility index (Phi) is 9.39. The molecular weight excluding hydrogens is 865 g/mol. The van der Waals surface area contributed by atoms with Crippen LogP contribution in [0.5, 0.6) is 0 Å². The first-order chi connectivity index (χ1) is 35.2. The molecule has 0 bridgehead atoms. The summed E-state index contributed by atoms with van der Waals surface area (Å²) in [4.78, 5) is 0. The summed E-state index contributed by atoms with van der Waals surface area (Å²) in [5, 5.41) is 7.46. The van der Waals surface area contributed by atoms with Crippen LogP contribution >= 0.6 is 0 Å². The van der Waals surface area contributed by atoms with Crippen LogP contribution in [0.3, 0.4) is 0 Å². The van der Waals surface area contributed by atoms with E-state index >= 15 is 0 Å². The number of hydrogen-bond donors (Lipinski definition) is 0. The van der Waals surface area contributed by atoms with Crippen LogP contribution in [0.4, 0.5) is 0 Å². The van der Waals surface area contributed by atoms with Crippen molar-refractivity contribution in [3.8, 4) is 89.0 Å². The van der Waals surface area contributed by atoms with E-state index in [1.165, 1.54) is 144 Å². The summed E-state index contributed by atoms with van der Waals surface area (Å²) in [7, 11) is 0. The van der Waals surface area contributed by atoms with Gasteiger partial charge < -0.3 is 0 Å². The highest BCUT2D eigenvalue weighted by molar-refractivity contribution is 6.23. The Hall–Kier alpha value is -8.58. The van der Waals surface area contributed by atoms with Crippen molar-refractivity contribution in [2.45, 2.75) is 38.5 Å². The second-order valence-electron chi connectivity index (χ2n) is 21.2. The number of hydrogen-bond acceptors (Lipinski definition) is 0. The molecule has 12 aromatic carbocycles. The SMILES string of the molecule is CC1(C)c2ccccc2-c2ccc(-c3c(-c4ccc5c(c4)C(C)(C)c4ccccc4-5)c4cc(-c5cc6ccccc6cc5-c5ccccc5)ccc4c4ccc(-c5ccccc5-c5ccccc5)cc34)cc21. The second kappa shape index (κ2) is 16.0. The zero-order valence-electron chi connectivity index (χ0n) is 41.1. The summed E-state index contributed by atoms with van der Waals surface area (Å²) in [6.45, 7) is 9.61. The maximum atomic E-state index is 2.54. The van der Waals surface area contributed by atoms with Crippen LogP contribution < -0.4 is 0 Å². The van der Waals surface area contributed by atoms with E-state index in [0.29, 0.717) is 0 Å². The Morgan fingerprint density at radius 1 is 0.208 bits per heavy atom. The van der Waals surface area contributed by atoms with E-state index in [1.807, 2.05) is 0 Å². The molecule has 0 nitrogen and oxygen atoms in total. The third-order valence-electron chi connectivity index (χ3n) is 16.5. The fraction of sp³-hybridized carbons (Fsp3) is 0.0833. The Morgan fingerprint density at radius 2 is 0.556 bits per heavy atom. The Bertz CT molecular complexity index is 4190. The first kappa shape index (κ1) is 42.3. The topological polar surface area (TPSA) is 0 Å². The van der Waals surface area contributed by atoms with Crippen LogP contribution in [0, 0.1) is 0 Å². The minimum atomic E-state index is -0.173. The first-order valence-corrected chi connectivity index (χ1v) is 25.5. The molecule has 0 spiro atoms. The van der Waals surface area contributed by atoms with Crippen molar-refractivity contribution in [2.24, 2.45) is 0 Å². The summed E-state index contributed by atoms with van der Waals surface area (Å²) in [6.07, 6.45) is 0. The molecule has 0 heterocycles. The molecule has 0 N–H and O–H groups in total. The van der Waals surface area contributed by atoms with E-state index in [9.17, 15) is 0 Å². The van der Waals surface area contributed by atoms with Gasteiger partial charge in [0, 0.05) is 10.8 Å². The predicted octanol–water partition coefficient (Wildman–Crippen LogP) is 19.8. The average Bonchev–Trinajstić information content (AvgIpc) is 3.81. The molecule has 0 aromatic heterocycles. The van der Waals surface area contributed by atoms with Gasteiger partial charge >= 0.3 is 0 Å². The molecule has 72 heavy (non-hydrogen) atoms. The van der Waals surface area contributed by atoms with Crippen molar-refractivity contribution in [1.82, 2.24) is 0 Å². The van der Waals surface area contributed by atoms with Crippen molar-refractivity contribution in [3.63, 3.8) is 0 Å². The molecule has 2 aliphatic rings. The minimum absolute atomic E-state index is 0.172. The zero-order valence-corrected chi connectivity index (χ0v) is 41.1. The molecule has 0 radical (unpaired) electrons. The van der Waals surface area contributed by atoms with E-state index in [-0.39, 0.29) is 10.8 Å². The van der Waals surface area contributed by atoms with Gasteiger partial charge in [0.05, 0.1) is 0 Å². The molecule has 0 saturated carbocycles. The Balaban J connectivity index is 1.12. The van der Waals surface area contributed by atoms with Crippen molar-refractivity contribution >= 4 is 32.3 Å². The summed E-state index contributed by atoms with van der Waals surface area (Å²) in [5.74, 6) is 0. The highest BCUT2D eigenvalue weighted by Crippen LogP contribution is 2.55. The molecule has 14 rings (SSSR count). The lowest BCUT2D eigenvalue weighted by molar-refractivity contribution is 0.660. The van der Waals surface area contributed by atoms with E-state index in [2.05, 4.69) is 270 Å². The molecule has 0 heteroatoms. The lowest BCUT2D eigenvalue weighted by Gasteiger charge is -2.25. The third kappa shape index (κ3) is 6.38. The van der Waals surface area contributed by atoms with Gasteiger partial charge in [-0.1, -0.05) is 234 Å². The maximum absolute atomic E-state index is 2.54. The number of benzene rings is 12. The van der Waals surface area contributed by atoms with Gasteiger partial charge in [-0.2, -0.15) is 0 Å². The van der Waals surface area contributed by atoms with Crippen molar-refractivity contribution < 1.29 is 0 Å². The fourth-order valence-corrected chi connectivity index (χ4v) is 12.8. The molecule has 0 unspecified atom stereocenters. The summed E-state index contributed by atoms with van der Waals surface area (Å²) < 4.78 is 0. The van der Waals surface area contributed by atoms with Crippen molar-refractivity contribution in [2.75, 3.05) is 0 Å². The van der Waals surface area contributed by atoms with E-state index in [4.69, 9.17) is 0 Å². The molecule has 0 atom stereocenters. The van der Waals surface area contributed by atoms with Gasteiger partial charge in [0.1, 0.15) is 0 Å². The second-order valence-corrected chi connectivity index (χ2v) is 21.2. The van der Waals surface area contributed by atoms with Crippen molar-refractivity contribution in [1.29, 1.82) is 0 Å².